The molecule has 0 aliphatic carbocycles. The van der Waals surface area contributed by atoms with E-state index in [1.807, 2.05) is 24.4 Å². The average molecular weight is 383 g/mol. The molecule has 156 valence electrons. The molecule has 0 fully saturated rings. The lowest BCUT2D eigenvalue weighted by atomic mass is 10.0. The zero-order chi connectivity index (χ0) is 20.1. The van der Waals surface area contributed by atoms with Crippen LogP contribution in [0.2, 0.25) is 0 Å². The van der Waals surface area contributed by atoms with E-state index in [9.17, 15) is 0 Å². The summed E-state index contributed by atoms with van der Waals surface area (Å²) in [5.74, 6) is 0. The van der Waals surface area contributed by atoms with E-state index in [0.29, 0.717) is 0 Å². The summed E-state index contributed by atoms with van der Waals surface area (Å²) >= 11 is 0. The summed E-state index contributed by atoms with van der Waals surface area (Å²) in [5, 5.41) is 0. The van der Waals surface area contributed by atoms with Gasteiger partial charge in [0.1, 0.15) is 0 Å². The molecule has 2 heterocycles. The number of nitrogens with zero attached hydrogens (tertiary/aromatic N) is 2. The van der Waals surface area contributed by atoms with Crippen LogP contribution >= 0.6 is 0 Å². The zero-order valence-corrected chi connectivity index (χ0v) is 18.4. The first-order valence-corrected chi connectivity index (χ1v) is 11.7. The number of unbranched alkanes of at least 4 members (excludes halogenated alkanes) is 11. The standard InChI is InChI=1S/C21H37N.C5H5N/c1-3-5-6-7-8-9-10-11-12-13-14-15-16-21-19-20(4-2)17-18-22-21;1-2-4-6-5-3-1/h17-19H,3-16H2,1-2H3;1-5H. The Hall–Kier alpha value is -1.70. The van der Waals surface area contributed by atoms with E-state index in [1.54, 1.807) is 12.4 Å². The third-order valence-corrected chi connectivity index (χ3v) is 5.14. The molecule has 2 heteroatoms. The number of hydrogen-bond acceptors (Lipinski definition) is 2. The molecule has 2 rings (SSSR count). The van der Waals surface area contributed by atoms with Crippen molar-refractivity contribution in [1.82, 2.24) is 9.97 Å². The molecule has 0 aliphatic heterocycles. The smallest absolute Gasteiger partial charge is 0.0406 e. The van der Waals surface area contributed by atoms with Crippen LogP contribution in [0, 0.1) is 0 Å². The Bertz CT molecular complexity index is 527. The Kier molecular flexibility index (Phi) is 16.2. The molecule has 0 radical (unpaired) electrons. The van der Waals surface area contributed by atoms with Crippen molar-refractivity contribution in [1.29, 1.82) is 0 Å². The molecule has 0 N–H and O–H groups in total. The van der Waals surface area contributed by atoms with Crippen molar-refractivity contribution in [3.63, 3.8) is 0 Å². The minimum absolute atomic E-state index is 1.12. The predicted octanol–water partition coefficient (Wildman–Crippen LogP) is 7.97. The van der Waals surface area contributed by atoms with Gasteiger partial charge in [-0.3, -0.25) is 9.97 Å². The predicted molar refractivity (Wildman–Crippen MR) is 123 cm³/mol. The van der Waals surface area contributed by atoms with E-state index in [2.05, 4.69) is 35.9 Å². The van der Waals surface area contributed by atoms with Crippen molar-refractivity contribution in [3.8, 4) is 0 Å². The Morgan fingerprint density at radius 3 is 1.68 bits per heavy atom. The van der Waals surface area contributed by atoms with Gasteiger partial charge < -0.3 is 0 Å². The maximum absolute atomic E-state index is 4.48. The van der Waals surface area contributed by atoms with Gasteiger partial charge in [0.05, 0.1) is 0 Å². The van der Waals surface area contributed by atoms with Crippen LogP contribution in [-0.4, -0.2) is 9.97 Å². The maximum Gasteiger partial charge on any atom is 0.0406 e. The van der Waals surface area contributed by atoms with Crippen LogP contribution in [0.25, 0.3) is 0 Å². The van der Waals surface area contributed by atoms with Gasteiger partial charge >= 0.3 is 0 Å². The zero-order valence-electron chi connectivity index (χ0n) is 18.4. The van der Waals surface area contributed by atoms with E-state index < -0.39 is 0 Å². The molecule has 0 bridgehead atoms. The Labute approximate surface area is 174 Å². The summed E-state index contributed by atoms with van der Waals surface area (Å²) in [6.07, 6.45) is 24.7. The fourth-order valence-corrected chi connectivity index (χ4v) is 3.34. The van der Waals surface area contributed by atoms with Crippen molar-refractivity contribution in [2.45, 2.75) is 104 Å². The van der Waals surface area contributed by atoms with Gasteiger partial charge in [-0.05, 0) is 49.1 Å². The number of aromatic nitrogens is 2. The molecule has 0 aliphatic rings. The Balaban J connectivity index is 0.000000552. The summed E-state index contributed by atoms with van der Waals surface area (Å²) in [7, 11) is 0. The van der Waals surface area contributed by atoms with Crippen molar-refractivity contribution in [3.05, 3.63) is 60.2 Å². The maximum atomic E-state index is 4.48. The van der Waals surface area contributed by atoms with Gasteiger partial charge in [-0.25, -0.2) is 0 Å². The number of hydrogen-bond donors (Lipinski definition) is 0. The van der Waals surface area contributed by atoms with Gasteiger partial charge in [0, 0.05) is 24.3 Å². The van der Waals surface area contributed by atoms with Crippen LogP contribution in [0.1, 0.15) is 102 Å². The van der Waals surface area contributed by atoms with Crippen LogP contribution in [-0.2, 0) is 12.8 Å². The SMILES string of the molecule is CCCCCCCCCCCCCCc1cc(CC)ccn1.c1ccncc1. The summed E-state index contributed by atoms with van der Waals surface area (Å²) in [4.78, 5) is 8.26. The van der Waals surface area contributed by atoms with Crippen LogP contribution in [0.5, 0.6) is 0 Å². The number of rotatable bonds is 14. The molecule has 0 saturated heterocycles. The summed E-state index contributed by atoms with van der Waals surface area (Å²) in [6, 6.07) is 10.1. The number of pyridine rings is 2. The van der Waals surface area contributed by atoms with Gasteiger partial charge in [0.25, 0.3) is 0 Å². The minimum atomic E-state index is 1.12. The average Bonchev–Trinajstić information content (AvgIpc) is 2.76. The second kappa shape index (κ2) is 18.7. The molecule has 2 aromatic rings. The molecular weight excluding hydrogens is 340 g/mol. The van der Waals surface area contributed by atoms with E-state index in [1.165, 1.54) is 88.3 Å². The van der Waals surface area contributed by atoms with Crippen LogP contribution < -0.4 is 0 Å². The summed E-state index contributed by atoms with van der Waals surface area (Å²) in [5.41, 5.74) is 2.70. The second-order valence-electron chi connectivity index (χ2n) is 7.67. The molecule has 28 heavy (non-hydrogen) atoms. The minimum Gasteiger partial charge on any atom is -0.265 e. The molecule has 2 nitrogen and oxygen atoms in total. The Morgan fingerprint density at radius 2 is 1.21 bits per heavy atom. The lowest BCUT2D eigenvalue weighted by molar-refractivity contribution is 0.543. The lowest BCUT2D eigenvalue weighted by Crippen LogP contribution is -1.92. The molecule has 0 spiro atoms. The van der Waals surface area contributed by atoms with Crippen LogP contribution in [0.4, 0.5) is 0 Å². The largest absolute Gasteiger partial charge is 0.265 e. The van der Waals surface area contributed by atoms with E-state index >= 15 is 0 Å². The highest BCUT2D eigenvalue weighted by atomic mass is 14.7. The normalized spacial score (nSPS) is 10.4. The van der Waals surface area contributed by atoms with E-state index in [0.717, 1.165) is 12.8 Å². The van der Waals surface area contributed by atoms with Gasteiger partial charge in [-0.1, -0.05) is 90.5 Å². The van der Waals surface area contributed by atoms with Gasteiger partial charge in [-0.2, -0.15) is 0 Å². The first-order chi connectivity index (χ1) is 13.9. The Morgan fingerprint density at radius 1 is 0.643 bits per heavy atom. The highest BCUT2D eigenvalue weighted by Gasteiger charge is 1.97. The first-order valence-electron chi connectivity index (χ1n) is 11.7. The van der Waals surface area contributed by atoms with Crippen molar-refractivity contribution in [2.75, 3.05) is 0 Å². The first kappa shape index (κ1) is 24.3. The highest BCUT2D eigenvalue weighted by molar-refractivity contribution is 5.16. The summed E-state index contributed by atoms with van der Waals surface area (Å²) in [6.45, 7) is 4.50. The quantitative estimate of drug-likeness (QED) is 0.310. The monoisotopic (exact) mass is 382 g/mol. The van der Waals surface area contributed by atoms with Crippen LogP contribution in [0.15, 0.2) is 48.9 Å². The van der Waals surface area contributed by atoms with Gasteiger partial charge in [0.15, 0.2) is 0 Å². The second-order valence-corrected chi connectivity index (χ2v) is 7.67. The molecule has 2 aromatic heterocycles. The third-order valence-electron chi connectivity index (χ3n) is 5.14. The fourth-order valence-electron chi connectivity index (χ4n) is 3.34. The topological polar surface area (TPSA) is 25.8 Å². The molecule has 0 saturated carbocycles. The van der Waals surface area contributed by atoms with E-state index in [-0.39, 0.29) is 0 Å². The van der Waals surface area contributed by atoms with Crippen molar-refractivity contribution in [2.24, 2.45) is 0 Å². The third kappa shape index (κ3) is 14.4. The molecule has 0 unspecified atom stereocenters. The van der Waals surface area contributed by atoms with Crippen molar-refractivity contribution >= 4 is 0 Å². The lowest BCUT2D eigenvalue weighted by Gasteiger charge is -2.04. The fraction of sp³-hybridized carbons (Fsp3) is 0.615. The summed E-state index contributed by atoms with van der Waals surface area (Å²) < 4.78 is 0. The van der Waals surface area contributed by atoms with E-state index in [4.69, 9.17) is 0 Å². The molecular formula is C26H42N2. The van der Waals surface area contributed by atoms with Gasteiger partial charge in [-0.15, -0.1) is 0 Å². The van der Waals surface area contributed by atoms with Crippen molar-refractivity contribution < 1.29 is 0 Å². The van der Waals surface area contributed by atoms with Crippen LogP contribution in [0.3, 0.4) is 0 Å². The molecule has 0 aromatic carbocycles. The highest BCUT2D eigenvalue weighted by Crippen LogP contribution is 2.13. The molecule has 0 atom stereocenters. The number of aryl methyl sites for hydroxylation is 2. The molecule has 0 amide bonds. The van der Waals surface area contributed by atoms with Gasteiger partial charge in [0.2, 0.25) is 0 Å².